The van der Waals surface area contributed by atoms with Crippen LogP contribution in [0.15, 0.2) is 0 Å². The number of ether oxygens (including phenoxy) is 1. The van der Waals surface area contributed by atoms with E-state index in [4.69, 9.17) is 4.74 Å². The van der Waals surface area contributed by atoms with Gasteiger partial charge in [-0.1, -0.05) is 20.8 Å². The molecule has 0 aliphatic rings. The Morgan fingerprint density at radius 3 is 2.19 bits per heavy atom. The molecule has 0 fully saturated rings. The molecule has 0 bridgehead atoms. The monoisotopic (exact) mass is 232 g/mol. The lowest BCUT2D eigenvalue weighted by Gasteiger charge is -2.28. The van der Waals surface area contributed by atoms with Crippen LogP contribution in [0.25, 0.3) is 0 Å². The standard InChI is InChI=1S/C12H24O4/c1-6-9(13)7-10(14)16-11(15)12(4,5)8(2)3/h8-10,13-14H,6-7H2,1-5H3. The molecule has 0 aromatic carbocycles. The lowest BCUT2D eigenvalue weighted by molar-refractivity contribution is -0.184. The summed E-state index contributed by atoms with van der Waals surface area (Å²) in [4.78, 5) is 11.7. The molecule has 0 amide bonds. The molecule has 0 saturated carbocycles. The normalized spacial score (nSPS) is 16.0. The maximum atomic E-state index is 11.7. The third-order valence-corrected chi connectivity index (χ3v) is 3.16. The average molecular weight is 232 g/mol. The first-order valence-corrected chi connectivity index (χ1v) is 5.79. The minimum Gasteiger partial charge on any atom is -0.435 e. The van der Waals surface area contributed by atoms with Gasteiger partial charge in [0.2, 0.25) is 6.29 Å². The zero-order valence-corrected chi connectivity index (χ0v) is 10.9. The van der Waals surface area contributed by atoms with Gasteiger partial charge in [-0.3, -0.25) is 4.79 Å². The lowest BCUT2D eigenvalue weighted by atomic mass is 9.81. The van der Waals surface area contributed by atoms with E-state index in [-0.39, 0.29) is 12.3 Å². The predicted octanol–water partition coefficient (Wildman–Crippen LogP) is 1.69. The summed E-state index contributed by atoms with van der Waals surface area (Å²) in [5.41, 5.74) is -0.627. The van der Waals surface area contributed by atoms with Gasteiger partial charge in [0, 0.05) is 6.42 Å². The van der Waals surface area contributed by atoms with Crippen molar-refractivity contribution in [3.8, 4) is 0 Å². The number of carbonyl (C=O) groups excluding carboxylic acids is 1. The van der Waals surface area contributed by atoms with Gasteiger partial charge < -0.3 is 14.9 Å². The van der Waals surface area contributed by atoms with Crippen molar-refractivity contribution in [2.75, 3.05) is 0 Å². The van der Waals surface area contributed by atoms with Crippen LogP contribution in [0.3, 0.4) is 0 Å². The summed E-state index contributed by atoms with van der Waals surface area (Å²) >= 11 is 0. The Morgan fingerprint density at radius 2 is 1.81 bits per heavy atom. The van der Waals surface area contributed by atoms with Crippen molar-refractivity contribution in [1.82, 2.24) is 0 Å². The van der Waals surface area contributed by atoms with Crippen molar-refractivity contribution in [1.29, 1.82) is 0 Å². The lowest BCUT2D eigenvalue weighted by Crippen LogP contribution is -2.35. The summed E-state index contributed by atoms with van der Waals surface area (Å²) in [5, 5.41) is 18.8. The smallest absolute Gasteiger partial charge is 0.314 e. The van der Waals surface area contributed by atoms with Crippen molar-refractivity contribution in [2.45, 2.75) is 59.9 Å². The Morgan fingerprint density at radius 1 is 1.31 bits per heavy atom. The van der Waals surface area contributed by atoms with Crippen LogP contribution < -0.4 is 0 Å². The van der Waals surface area contributed by atoms with Gasteiger partial charge in [0.05, 0.1) is 11.5 Å². The van der Waals surface area contributed by atoms with E-state index in [1.54, 1.807) is 20.8 Å². The Labute approximate surface area is 97.6 Å². The van der Waals surface area contributed by atoms with Gasteiger partial charge in [0.15, 0.2) is 0 Å². The van der Waals surface area contributed by atoms with Crippen molar-refractivity contribution < 1.29 is 19.7 Å². The molecule has 0 spiro atoms. The highest BCUT2D eigenvalue weighted by atomic mass is 16.6. The maximum Gasteiger partial charge on any atom is 0.314 e. The third kappa shape index (κ3) is 4.49. The molecule has 0 saturated heterocycles. The van der Waals surface area contributed by atoms with Crippen molar-refractivity contribution in [2.24, 2.45) is 11.3 Å². The van der Waals surface area contributed by atoms with Crippen LogP contribution in [-0.2, 0) is 9.53 Å². The van der Waals surface area contributed by atoms with E-state index < -0.39 is 23.8 Å². The van der Waals surface area contributed by atoms with E-state index in [9.17, 15) is 15.0 Å². The number of carbonyl (C=O) groups is 1. The molecule has 4 heteroatoms. The topological polar surface area (TPSA) is 66.8 Å². The molecule has 0 aromatic rings. The molecule has 0 radical (unpaired) electrons. The van der Waals surface area contributed by atoms with Gasteiger partial charge >= 0.3 is 5.97 Å². The van der Waals surface area contributed by atoms with Gasteiger partial charge in [-0.25, -0.2) is 0 Å². The number of aliphatic hydroxyl groups is 2. The van der Waals surface area contributed by atoms with E-state index in [1.165, 1.54) is 0 Å². The van der Waals surface area contributed by atoms with Crippen LogP contribution in [0, 0.1) is 11.3 Å². The quantitative estimate of drug-likeness (QED) is 0.540. The second kappa shape index (κ2) is 6.21. The number of rotatable bonds is 6. The first-order chi connectivity index (χ1) is 7.21. The van der Waals surface area contributed by atoms with Crippen LogP contribution in [-0.4, -0.2) is 28.6 Å². The Kier molecular flexibility index (Phi) is 5.97. The first kappa shape index (κ1) is 15.4. The molecule has 0 aliphatic carbocycles. The molecule has 2 N–H and O–H groups in total. The zero-order valence-electron chi connectivity index (χ0n) is 10.9. The van der Waals surface area contributed by atoms with E-state index in [2.05, 4.69) is 0 Å². The summed E-state index contributed by atoms with van der Waals surface area (Å²) in [6, 6.07) is 0. The molecule has 0 aromatic heterocycles. The molecule has 2 unspecified atom stereocenters. The molecular weight excluding hydrogens is 208 g/mol. The van der Waals surface area contributed by atoms with Crippen LogP contribution in [0.1, 0.15) is 47.5 Å². The van der Waals surface area contributed by atoms with Gasteiger partial charge in [0.25, 0.3) is 0 Å². The molecule has 0 aliphatic heterocycles. The van der Waals surface area contributed by atoms with Gasteiger partial charge in [0.1, 0.15) is 0 Å². The number of hydrogen-bond donors (Lipinski definition) is 2. The van der Waals surface area contributed by atoms with Gasteiger partial charge in [-0.2, -0.15) is 0 Å². The number of esters is 1. The highest BCUT2D eigenvalue weighted by Gasteiger charge is 2.34. The average Bonchev–Trinajstić information content (AvgIpc) is 2.16. The fourth-order valence-electron chi connectivity index (χ4n) is 0.959. The van der Waals surface area contributed by atoms with Crippen LogP contribution in [0.2, 0.25) is 0 Å². The molecule has 16 heavy (non-hydrogen) atoms. The predicted molar refractivity (Wildman–Crippen MR) is 61.6 cm³/mol. The van der Waals surface area contributed by atoms with E-state index in [0.717, 1.165) is 0 Å². The second-order valence-corrected chi connectivity index (χ2v) is 5.03. The van der Waals surface area contributed by atoms with E-state index in [0.29, 0.717) is 6.42 Å². The highest BCUT2D eigenvalue weighted by Crippen LogP contribution is 2.28. The Balaban J connectivity index is 4.24. The molecular formula is C12H24O4. The first-order valence-electron chi connectivity index (χ1n) is 5.79. The molecule has 4 nitrogen and oxygen atoms in total. The van der Waals surface area contributed by atoms with Crippen LogP contribution in [0.5, 0.6) is 0 Å². The fourth-order valence-corrected chi connectivity index (χ4v) is 0.959. The summed E-state index contributed by atoms with van der Waals surface area (Å²) in [5.74, 6) is -0.304. The third-order valence-electron chi connectivity index (χ3n) is 3.16. The summed E-state index contributed by atoms with van der Waals surface area (Å²) in [6.07, 6.45) is -1.26. The van der Waals surface area contributed by atoms with Crippen LogP contribution in [0.4, 0.5) is 0 Å². The molecule has 96 valence electrons. The minimum atomic E-state index is -1.22. The number of hydrogen-bond acceptors (Lipinski definition) is 4. The van der Waals surface area contributed by atoms with Crippen LogP contribution >= 0.6 is 0 Å². The van der Waals surface area contributed by atoms with Crippen molar-refractivity contribution in [3.05, 3.63) is 0 Å². The van der Waals surface area contributed by atoms with E-state index in [1.807, 2.05) is 13.8 Å². The number of aliphatic hydroxyl groups excluding tert-OH is 2. The SMILES string of the molecule is CCC(O)CC(O)OC(=O)C(C)(C)C(C)C. The summed E-state index contributed by atoms with van der Waals surface area (Å²) in [6.45, 7) is 9.21. The molecule has 2 atom stereocenters. The van der Waals surface area contributed by atoms with Crippen molar-refractivity contribution in [3.63, 3.8) is 0 Å². The Hall–Kier alpha value is -0.610. The molecule has 0 rings (SSSR count). The van der Waals surface area contributed by atoms with E-state index >= 15 is 0 Å². The fraction of sp³-hybridized carbons (Fsp3) is 0.917. The summed E-state index contributed by atoms with van der Waals surface area (Å²) in [7, 11) is 0. The molecule has 0 heterocycles. The Bertz CT molecular complexity index is 223. The second-order valence-electron chi connectivity index (χ2n) is 5.03. The minimum absolute atomic E-state index is 0.0659. The van der Waals surface area contributed by atoms with Gasteiger partial charge in [-0.15, -0.1) is 0 Å². The summed E-state index contributed by atoms with van der Waals surface area (Å²) < 4.78 is 4.91. The largest absolute Gasteiger partial charge is 0.435 e. The van der Waals surface area contributed by atoms with Gasteiger partial charge in [-0.05, 0) is 26.2 Å². The maximum absolute atomic E-state index is 11.7. The highest BCUT2D eigenvalue weighted by molar-refractivity contribution is 5.76. The zero-order chi connectivity index (χ0) is 12.9. The van der Waals surface area contributed by atoms with Crippen molar-refractivity contribution >= 4 is 5.97 Å².